The number of fused-ring (bicyclic) bond motifs is 6. The second-order valence-electron chi connectivity index (χ2n) is 13.5. The smallest absolute Gasteiger partial charge is 0.338 e. The summed E-state index contributed by atoms with van der Waals surface area (Å²) in [5.41, 5.74) is -4.24. The van der Waals surface area contributed by atoms with Crippen LogP contribution >= 0.6 is 0 Å². The number of hydrogen-bond donors (Lipinski definition) is 5. The molecule has 5 aliphatic rings. The van der Waals surface area contributed by atoms with Gasteiger partial charge in [-0.05, 0) is 74.6 Å². The Morgan fingerprint density at radius 2 is 2.02 bits per heavy atom. The highest BCUT2D eigenvalue weighted by Crippen LogP contribution is 2.62. The van der Waals surface area contributed by atoms with Crippen molar-refractivity contribution < 1.29 is 48.7 Å². The number of hydrogen-bond acceptors (Lipinski definition) is 13. The average Bonchev–Trinajstić information content (AvgIpc) is 3.75. The van der Waals surface area contributed by atoms with E-state index in [0.29, 0.717) is 24.8 Å². The Balaban J connectivity index is 0.983. The lowest BCUT2D eigenvalue weighted by atomic mass is 9.54. The van der Waals surface area contributed by atoms with Crippen LogP contribution in [-0.4, -0.2) is 102 Å². The Bertz CT molecular complexity index is 1770. The predicted molar refractivity (Wildman–Crippen MR) is 161 cm³/mol. The van der Waals surface area contributed by atoms with E-state index in [4.69, 9.17) is 9.47 Å². The lowest BCUT2D eigenvalue weighted by molar-refractivity contribution is -0.176. The fourth-order valence-corrected chi connectivity index (χ4v) is 8.91. The molecule has 0 bridgehead atoms. The van der Waals surface area contributed by atoms with E-state index in [0.717, 1.165) is 11.9 Å². The molecule has 4 fully saturated rings. The number of carbonyl (C=O) groups is 3. The van der Waals surface area contributed by atoms with Gasteiger partial charge in [0.1, 0.15) is 41.9 Å². The van der Waals surface area contributed by atoms with E-state index in [1.165, 1.54) is 28.8 Å². The van der Waals surface area contributed by atoms with Crippen LogP contribution in [-0.2, 0) is 29.5 Å². The van der Waals surface area contributed by atoms with E-state index in [2.05, 4.69) is 15.4 Å². The highest BCUT2D eigenvalue weighted by Gasteiger charge is 2.64. The first-order chi connectivity index (χ1) is 23.0. The Labute approximate surface area is 273 Å². The molecule has 3 unspecified atom stereocenters. The van der Waals surface area contributed by atoms with Gasteiger partial charge in [-0.25, -0.2) is 18.7 Å². The first-order valence-electron chi connectivity index (χ1n) is 16.1. The Morgan fingerprint density at radius 1 is 1.21 bits per heavy atom. The molecule has 254 valence electrons. The first kappa shape index (κ1) is 32.5. The third-order valence-electron chi connectivity index (χ3n) is 11.2. The topological polar surface area (TPSA) is 217 Å². The van der Waals surface area contributed by atoms with Crippen molar-refractivity contribution >= 4 is 28.9 Å². The number of aromatic nitrogens is 3. The van der Waals surface area contributed by atoms with Crippen molar-refractivity contribution in [3.05, 3.63) is 48.0 Å². The minimum absolute atomic E-state index is 0.0690. The zero-order chi connectivity index (χ0) is 34.0. The largest absolute Gasteiger partial charge is 0.455 e. The predicted octanol–water partition coefficient (Wildman–Crippen LogP) is 0.436. The van der Waals surface area contributed by atoms with Gasteiger partial charge < -0.3 is 35.2 Å². The molecule has 3 saturated carbocycles. The molecule has 2 aromatic rings. The van der Waals surface area contributed by atoms with Crippen molar-refractivity contribution in [3.63, 3.8) is 0 Å². The monoisotopic (exact) mass is 665 g/mol. The van der Waals surface area contributed by atoms with E-state index >= 15 is 4.39 Å². The summed E-state index contributed by atoms with van der Waals surface area (Å²) >= 11 is 0. The molecule has 14 nitrogen and oxygen atoms in total. The molecule has 7 rings (SSSR count). The van der Waals surface area contributed by atoms with Crippen molar-refractivity contribution in [1.29, 1.82) is 5.26 Å². The standard InChI is InChI=1S/C33H36FN5O9/c34-31-9-8-23-20(22(31)3-1-17-11-18(41)2-4-21(17)31)7-10-32(23,46)30(45)47-14-19(42)12-36-29-24-5-6-26(39(24)38-16-37-29)33(15-35)28(44)27(43)25(13-40)48-33/h2,4-6,11,16,20-23,25,27-28,40,43-44,46H,1,3,7-10,12-14H2,(H,36,37,38)/t20?,21?,22-,23?,25-,27-,28-,31-,32-,33+/m1/s1. The summed E-state index contributed by atoms with van der Waals surface area (Å²) in [6.07, 6.45) is 3.46. The number of anilines is 1. The number of nitrogens with zero attached hydrogens (tertiary/aromatic N) is 4. The fourth-order valence-electron chi connectivity index (χ4n) is 8.91. The van der Waals surface area contributed by atoms with Gasteiger partial charge in [0, 0.05) is 11.8 Å². The van der Waals surface area contributed by atoms with Crippen molar-refractivity contribution in [2.45, 2.75) is 73.7 Å². The number of halogens is 1. The SMILES string of the molecule is N#C[C@@]1(c2ccc3c(NCC(=O)COC(=O)[C@@]4(O)CCC5C4CC[C@@]4(F)C6C=CC(=O)C=C6CC[C@H]54)ncnn23)O[C@H](CO)[C@@H](O)[C@H]1O. The van der Waals surface area contributed by atoms with Crippen molar-refractivity contribution in [1.82, 2.24) is 14.6 Å². The molecule has 15 heteroatoms. The van der Waals surface area contributed by atoms with Crippen LogP contribution in [0.15, 0.2) is 42.3 Å². The molecule has 0 radical (unpaired) electrons. The number of nitrogens with one attached hydrogen (secondary N) is 1. The molecular formula is C33H36FN5O9. The molecule has 3 heterocycles. The van der Waals surface area contributed by atoms with Gasteiger partial charge in [0.05, 0.1) is 18.8 Å². The van der Waals surface area contributed by atoms with Crippen LogP contribution in [0.25, 0.3) is 5.52 Å². The molecular weight excluding hydrogens is 629 g/mol. The van der Waals surface area contributed by atoms with Gasteiger partial charge >= 0.3 is 5.97 Å². The number of Topliss-reactive ketones (excluding diaryl/α,β-unsaturated/α-hetero) is 1. The molecule has 10 atom stereocenters. The third kappa shape index (κ3) is 4.80. The summed E-state index contributed by atoms with van der Waals surface area (Å²) in [5.74, 6) is -2.97. The van der Waals surface area contributed by atoms with E-state index in [1.807, 2.05) is 6.07 Å². The van der Waals surface area contributed by atoms with Gasteiger partial charge in [0.15, 0.2) is 29.6 Å². The number of ketones is 2. The number of esters is 1. The summed E-state index contributed by atoms with van der Waals surface area (Å²) in [6, 6.07) is 4.85. The summed E-state index contributed by atoms with van der Waals surface area (Å²) in [7, 11) is 0. The average molecular weight is 666 g/mol. The van der Waals surface area contributed by atoms with Crippen LogP contribution in [0.5, 0.6) is 0 Å². The zero-order valence-corrected chi connectivity index (χ0v) is 25.9. The lowest BCUT2D eigenvalue weighted by Crippen LogP contribution is -2.56. The van der Waals surface area contributed by atoms with Gasteiger partial charge in [-0.15, -0.1) is 0 Å². The van der Waals surface area contributed by atoms with E-state index < -0.39 is 72.0 Å². The number of alkyl halides is 1. The maximum atomic E-state index is 16.6. The van der Waals surface area contributed by atoms with Crippen LogP contribution in [0.4, 0.5) is 10.2 Å². The number of rotatable bonds is 8. The lowest BCUT2D eigenvalue weighted by Gasteiger charge is -2.53. The molecule has 0 amide bonds. The second-order valence-corrected chi connectivity index (χ2v) is 13.5. The van der Waals surface area contributed by atoms with Crippen LogP contribution in [0.1, 0.15) is 44.2 Å². The Kier molecular flexibility index (Phi) is 7.99. The number of ether oxygens (including phenoxy) is 2. The summed E-state index contributed by atoms with van der Waals surface area (Å²) < 4.78 is 28.8. The van der Waals surface area contributed by atoms with Gasteiger partial charge in [-0.2, -0.15) is 10.4 Å². The molecule has 2 aromatic heterocycles. The van der Waals surface area contributed by atoms with Crippen LogP contribution in [0.3, 0.4) is 0 Å². The van der Waals surface area contributed by atoms with Crippen molar-refractivity contribution in [2.75, 3.05) is 25.1 Å². The minimum Gasteiger partial charge on any atom is -0.455 e. The highest BCUT2D eigenvalue weighted by molar-refractivity contribution is 6.01. The zero-order valence-electron chi connectivity index (χ0n) is 25.9. The van der Waals surface area contributed by atoms with E-state index in [9.17, 15) is 40.1 Å². The van der Waals surface area contributed by atoms with Gasteiger partial charge in [0.2, 0.25) is 5.60 Å². The summed E-state index contributed by atoms with van der Waals surface area (Å²) in [5, 5.41) is 58.9. The number of allylic oxidation sites excluding steroid dienone is 4. The van der Waals surface area contributed by atoms with Crippen LogP contribution in [0, 0.1) is 35.0 Å². The quantitative estimate of drug-likeness (QED) is 0.242. The highest BCUT2D eigenvalue weighted by atomic mass is 19.1. The van der Waals surface area contributed by atoms with Crippen molar-refractivity contribution in [3.8, 4) is 6.07 Å². The van der Waals surface area contributed by atoms with Gasteiger partial charge in [0.25, 0.3) is 0 Å². The van der Waals surface area contributed by atoms with Crippen LogP contribution in [0.2, 0.25) is 0 Å². The maximum Gasteiger partial charge on any atom is 0.338 e. The molecule has 4 aliphatic carbocycles. The third-order valence-corrected chi connectivity index (χ3v) is 11.2. The molecule has 1 saturated heterocycles. The Morgan fingerprint density at radius 3 is 2.77 bits per heavy atom. The Hall–Kier alpha value is -4.07. The van der Waals surface area contributed by atoms with E-state index in [1.54, 1.807) is 6.08 Å². The summed E-state index contributed by atoms with van der Waals surface area (Å²) in [6.45, 7) is -1.57. The molecule has 5 N–H and O–H groups in total. The number of nitriles is 1. The minimum atomic E-state index is -2.04. The number of carbonyl (C=O) groups excluding carboxylic acids is 3. The first-order valence-corrected chi connectivity index (χ1v) is 16.1. The van der Waals surface area contributed by atoms with Crippen molar-refractivity contribution in [2.24, 2.45) is 23.7 Å². The van der Waals surface area contributed by atoms with Crippen LogP contribution < -0.4 is 5.32 Å². The number of aliphatic hydroxyl groups is 4. The number of aliphatic hydroxyl groups excluding tert-OH is 3. The molecule has 0 aromatic carbocycles. The normalized spacial score (nSPS) is 38.5. The fraction of sp³-hybridized carbons (Fsp3) is 0.576. The van der Waals surface area contributed by atoms with Gasteiger partial charge in [-0.1, -0.05) is 11.6 Å². The molecule has 0 spiro atoms. The van der Waals surface area contributed by atoms with E-state index in [-0.39, 0.29) is 54.9 Å². The maximum absolute atomic E-state index is 16.6. The molecule has 48 heavy (non-hydrogen) atoms. The summed E-state index contributed by atoms with van der Waals surface area (Å²) in [4.78, 5) is 42.1. The molecule has 1 aliphatic heterocycles. The van der Waals surface area contributed by atoms with Gasteiger partial charge in [-0.3, -0.25) is 9.59 Å². The second kappa shape index (κ2) is 11.8.